The van der Waals surface area contributed by atoms with Crippen LogP contribution in [0.4, 0.5) is 5.95 Å². The molecule has 140 valence electrons. The summed E-state index contributed by atoms with van der Waals surface area (Å²) in [7, 11) is 0. The summed E-state index contributed by atoms with van der Waals surface area (Å²) in [5, 5.41) is 5.29. The molecule has 0 fully saturated rings. The third-order valence-corrected chi connectivity index (χ3v) is 4.66. The first-order valence-electron chi connectivity index (χ1n) is 9.34. The Bertz CT molecular complexity index is 1300. The molecule has 6 heteroatoms. The number of aromatic amines is 1. The van der Waals surface area contributed by atoms with Gasteiger partial charge in [-0.2, -0.15) is 5.10 Å². The fourth-order valence-corrected chi connectivity index (χ4v) is 3.29. The molecule has 0 aliphatic heterocycles. The van der Waals surface area contributed by atoms with Crippen molar-refractivity contribution in [2.45, 2.75) is 6.92 Å². The smallest absolute Gasteiger partial charge is 0.244 e. The van der Waals surface area contributed by atoms with E-state index in [1.807, 2.05) is 66.7 Å². The van der Waals surface area contributed by atoms with Crippen molar-refractivity contribution < 1.29 is 0 Å². The standard InChI is InChI=1S/C23H18N6/c1-15-11-12-18-17(13-15)22(16-7-3-2-4-8-16)28-23(27-18)29-24-14-21-25-19-9-5-6-10-20(19)26-21/h2-14H,1H3,(H,25,26)(H,27,28,29)/b24-14-. The summed E-state index contributed by atoms with van der Waals surface area (Å²) in [6.45, 7) is 2.07. The van der Waals surface area contributed by atoms with Gasteiger partial charge < -0.3 is 4.98 Å². The first-order valence-corrected chi connectivity index (χ1v) is 9.34. The molecule has 0 atom stereocenters. The van der Waals surface area contributed by atoms with E-state index in [1.54, 1.807) is 6.21 Å². The fourth-order valence-electron chi connectivity index (χ4n) is 3.29. The highest BCUT2D eigenvalue weighted by Gasteiger charge is 2.10. The van der Waals surface area contributed by atoms with Crippen molar-refractivity contribution in [3.63, 3.8) is 0 Å². The Hall–Kier alpha value is -4.06. The molecule has 0 saturated heterocycles. The molecule has 3 aromatic carbocycles. The van der Waals surface area contributed by atoms with Crippen LogP contribution in [-0.4, -0.2) is 26.2 Å². The minimum Gasteiger partial charge on any atom is -0.337 e. The molecule has 0 radical (unpaired) electrons. The molecule has 2 heterocycles. The van der Waals surface area contributed by atoms with Crippen molar-refractivity contribution in [1.82, 2.24) is 19.9 Å². The van der Waals surface area contributed by atoms with Crippen LogP contribution in [0.15, 0.2) is 77.9 Å². The molecule has 0 saturated carbocycles. The molecule has 2 aromatic heterocycles. The lowest BCUT2D eigenvalue weighted by Gasteiger charge is -2.09. The second kappa shape index (κ2) is 7.16. The van der Waals surface area contributed by atoms with Gasteiger partial charge in [0.2, 0.25) is 5.95 Å². The number of para-hydroxylation sites is 2. The van der Waals surface area contributed by atoms with Crippen molar-refractivity contribution in [3.05, 3.63) is 84.2 Å². The van der Waals surface area contributed by atoms with Gasteiger partial charge in [0.1, 0.15) is 0 Å². The lowest BCUT2D eigenvalue weighted by atomic mass is 10.0. The normalized spacial score (nSPS) is 11.5. The topological polar surface area (TPSA) is 78.9 Å². The number of imidazole rings is 1. The summed E-state index contributed by atoms with van der Waals surface area (Å²) in [4.78, 5) is 17.0. The number of aryl methyl sites for hydroxylation is 1. The van der Waals surface area contributed by atoms with Gasteiger partial charge in [0, 0.05) is 10.9 Å². The zero-order valence-corrected chi connectivity index (χ0v) is 15.8. The fraction of sp³-hybridized carbons (Fsp3) is 0.0435. The highest BCUT2D eigenvalue weighted by atomic mass is 15.3. The largest absolute Gasteiger partial charge is 0.337 e. The second-order valence-electron chi connectivity index (χ2n) is 6.79. The van der Waals surface area contributed by atoms with Crippen LogP contribution in [0, 0.1) is 6.92 Å². The lowest BCUT2D eigenvalue weighted by Crippen LogP contribution is -2.00. The van der Waals surface area contributed by atoms with Gasteiger partial charge >= 0.3 is 0 Å². The zero-order chi connectivity index (χ0) is 19.6. The highest BCUT2D eigenvalue weighted by Crippen LogP contribution is 2.28. The number of nitrogens with zero attached hydrogens (tertiary/aromatic N) is 4. The van der Waals surface area contributed by atoms with Gasteiger partial charge in [-0.3, -0.25) is 0 Å². The van der Waals surface area contributed by atoms with Gasteiger partial charge in [0.25, 0.3) is 0 Å². The Kier molecular flexibility index (Phi) is 4.22. The van der Waals surface area contributed by atoms with Crippen LogP contribution in [0.25, 0.3) is 33.2 Å². The summed E-state index contributed by atoms with van der Waals surface area (Å²) >= 11 is 0. The second-order valence-corrected chi connectivity index (χ2v) is 6.79. The van der Waals surface area contributed by atoms with E-state index < -0.39 is 0 Å². The Balaban J connectivity index is 1.50. The number of nitrogens with one attached hydrogen (secondary N) is 2. The van der Waals surface area contributed by atoms with E-state index in [2.05, 4.69) is 38.5 Å². The first kappa shape index (κ1) is 17.1. The molecule has 5 rings (SSSR count). The number of hydrogen-bond donors (Lipinski definition) is 2. The van der Waals surface area contributed by atoms with Crippen LogP contribution in [0.1, 0.15) is 11.4 Å². The number of rotatable bonds is 4. The van der Waals surface area contributed by atoms with E-state index in [9.17, 15) is 0 Å². The number of fused-ring (bicyclic) bond motifs is 2. The number of aromatic nitrogens is 4. The molecule has 29 heavy (non-hydrogen) atoms. The zero-order valence-electron chi connectivity index (χ0n) is 15.8. The van der Waals surface area contributed by atoms with Crippen molar-refractivity contribution in [3.8, 4) is 11.3 Å². The van der Waals surface area contributed by atoms with Gasteiger partial charge in [0.05, 0.1) is 28.5 Å². The lowest BCUT2D eigenvalue weighted by molar-refractivity contribution is 1.15. The minimum absolute atomic E-state index is 0.438. The summed E-state index contributed by atoms with van der Waals surface area (Å²) < 4.78 is 0. The molecule has 0 aliphatic carbocycles. The number of anilines is 1. The Morgan fingerprint density at radius 3 is 2.55 bits per heavy atom. The van der Waals surface area contributed by atoms with Crippen LogP contribution in [0.2, 0.25) is 0 Å². The molecular weight excluding hydrogens is 360 g/mol. The number of hydrogen-bond acceptors (Lipinski definition) is 5. The van der Waals surface area contributed by atoms with E-state index >= 15 is 0 Å². The van der Waals surface area contributed by atoms with Gasteiger partial charge in [-0.15, -0.1) is 0 Å². The average molecular weight is 378 g/mol. The Morgan fingerprint density at radius 2 is 1.69 bits per heavy atom. The van der Waals surface area contributed by atoms with Crippen LogP contribution < -0.4 is 5.43 Å². The molecule has 0 spiro atoms. The van der Waals surface area contributed by atoms with Crippen LogP contribution in [0.5, 0.6) is 0 Å². The average Bonchev–Trinajstić information content (AvgIpc) is 3.17. The summed E-state index contributed by atoms with van der Waals surface area (Å²) in [5.41, 5.74) is 8.76. The predicted octanol–water partition coefficient (Wildman–Crippen LogP) is 4.93. The van der Waals surface area contributed by atoms with E-state index in [4.69, 9.17) is 4.98 Å². The molecule has 0 unspecified atom stereocenters. The van der Waals surface area contributed by atoms with Crippen LogP contribution in [0.3, 0.4) is 0 Å². The van der Waals surface area contributed by atoms with Crippen molar-refractivity contribution in [2.24, 2.45) is 5.10 Å². The van der Waals surface area contributed by atoms with Crippen molar-refractivity contribution in [2.75, 3.05) is 5.43 Å². The van der Waals surface area contributed by atoms with Gasteiger partial charge in [0.15, 0.2) is 5.82 Å². The summed E-state index contributed by atoms with van der Waals surface area (Å²) in [6, 6.07) is 24.1. The number of hydrazone groups is 1. The van der Waals surface area contributed by atoms with E-state index in [1.165, 1.54) is 5.56 Å². The number of H-pyrrole nitrogens is 1. The minimum atomic E-state index is 0.438. The molecule has 5 aromatic rings. The third-order valence-electron chi connectivity index (χ3n) is 4.66. The van der Waals surface area contributed by atoms with E-state index in [0.717, 1.165) is 33.2 Å². The van der Waals surface area contributed by atoms with Crippen molar-refractivity contribution >= 4 is 34.1 Å². The highest BCUT2D eigenvalue weighted by molar-refractivity contribution is 5.93. The first-order chi connectivity index (χ1) is 14.3. The maximum atomic E-state index is 4.72. The molecular formula is C23H18N6. The molecule has 0 aliphatic rings. The third kappa shape index (κ3) is 3.43. The van der Waals surface area contributed by atoms with Crippen molar-refractivity contribution in [1.29, 1.82) is 0 Å². The molecule has 0 amide bonds. The SMILES string of the molecule is Cc1ccc2nc(N/N=C\c3nc4ccccc4[nH]3)nc(-c3ccccc3)c2c1. The van der Waals surface area contributed by atoms with Crippen LogP contribution >= 0.6 is 0 Å². The maximum Gasteiger partial charge on any atom is 0.244 e. The Labute approximate surface area is 167 Å². The monoisotopic (exact) mass is 378 g/mol. The van der Waals surface area contributed by atoms with E-state index in [0.29, 0.717) is 11.8 Å². The van der Waals surface area contributed by atoms with Crippen LogP contribution in [-0.2, 0) is 0 Å². The maximum absolute atomic E-state index is 4.72. The Morgan fingerprint density at radius 1 is 0.862 bits per heavy atom. The summed E-state index contributed by atoms with van der Waals surface area (Å²) in [6.07, 6.45) is 1.63. The molecule has 2 N–H and O–H groups in total. The summed E-state index contributed by atoms with van der Waals surface area (Å²) in [5.74, 6) is 1.10. The number of benzene rings is 3. The van der Waals surface area contributed by atoms with Gasteiger partial charge in [-0.25, -0.2) is 20.4 Å². The van der Waals surface area contributed by atoms with E-state index in [-0.39, 0.29) is 0 Å². The van der Waals surface area contributed by atoms with Gasteiger partial charge in [-0.1, -0.05) is 54.1 Å². The predicted molar refractivity (Wildman–Crippen MR) is 117 cm³/mol. The molecule has 6 nitrogen and oxygen atoms in total. The molecule has 0 bridgehead atoms. The quantitative estimate of drug-likeness (QED) is 0.343. The van der Waals surface area contributed by atoms with Gasteiger partial charge in [-0.05, 0) is 31.2 Å².